The number of carbonyl (C=O) groups is 3. The molecule has 7 nitrogen and oxygen atoms in total. The number of ether oxygens (including phenoxy) is 1. The van der Waals surface area contributed by atoms with Crippen LogP contribution in [-0.2, 0) is 14.3 Å². The number of hydrogen-bond acceptors (Lipinski definition) is 4. The van der Waals surface area contributed by atoms with Gasteiger partial charge in [-0.25, -0.2) is 0 Å². The van der Waals surface area contributed by atoms with Crippen LogP contribution < -0.4 is 10.6 Å². The molecule has 0 aliphatic carbocycles. The maximum absolute atomic E-state index is 12.3. The zero-order chi connectivity index (χ0) is 20.6. The molecule has 3 N–H and O–H groups in total. The highest BCUT2D eigenvalue weighted by Crippen LogP contribution is 2.23. The fourth-order valence-electron chi connectivity index (χ4n) is 3.61. The zero-order valence-corrected chi connectivity index (χ0v) is 16.2. The van der Waals surface area contributed by atoms with Gasteiger partial charge in [0.05, 0.1) is 5.92 Å². The van der Waals surface area contributed by atoms with Crippen molar-refractivity contribution in [1.29, 1.82) is 0 Å². The number of nitrogens with one attached hydrogen (secondary N) is 2. The third-order valence-corrected chi connectivity index (χ3v) is 5.32. The normalized spacial score (nSPS) is 15.6. The van der Waals surface area contributed by atoms with Gasteiger partial charge in [0.25, 0.3) is 5.91 Å². The van der Waals surface area contributed by atoms with Crippen molar-refractivity contribution in [1.82, 2.24) is 10.6 Å². The van der Waals surface area contributed by atoms with Crippen LogP contribution in [0.25, 0.3) is 10.8 Å². The lowest BCUT2D eigenvalue weighted by atomic mass is 9.86. The van der Waals surface area contributed by atoms with E-state index >= 15 is 0 Å². The first-order chi connectivity index (χ1) is 14.0. The molecule has 7 heteroatoms. The molecule has 1 aliphatic rings. The Kier molecular flexibility index (Phi) is 7.19. The van der Waals surface area contributed by atoms with Gasteiger partial charge < -0.3 is 20.5 Å². The Labute approximate surface area is 169 Å². The van der Waals surface area contributed by atoms with Gasteiger partial charge in [-0.15, -0.1) is 0 Å². The predicted octanol–water partition coefficient (Wildman–Crippen LogP) is 2.20. The van der Waals surface area contributed by atoms with Gasteiger partial charge in [-0.05, 0) is 41.7 Å². The van der Waals surface area contributed by atoms with E-state index in [0.717, 1.165) is 10.8 Å². The molecule has 1 unspecified atom stereocenters. The molecule has 0 saturated carbocycles. The second-order valence-corrected chi connectivity index (χ2v) is 7.27. The van der Waals surface area contributed by atoms with Crippen molar-refractivity contribution in [3.05, 3.63) is 48.0 Å². The third-order valence-electron chi connectivity index (χ3n) is 5.32. The van der Waals surface area contributed by atoms with Crippen LogP contribution in [0.4, 0.5) is 0 Å². The summed E-state index contributed by atoms with van der Waals surface area (Å²) in [5, 5.41) is 16.9. The minimum Gasteiger partial charge on any atom is -0.481 e. The number of amides is 2. The quantitative estimate of drug-likeness (QED) is 0.632. The van der Waals surface area contributed by atoms with Crippen LogP contribution in [0.3, 0.4) is 0 Å². The van der Waals surface area contributed by atoms with Crippen molar-refractivity contribution in [2.24, 2.45) is 11.8 Å². The third kappa shape index (κ3) is 5.77. The van der Waals surface area contributed by atoms with Gasteiger partial charge in [-0.3, -0.25) is 14.4 Å². The van der Waals surface area contributed by atoms with E-state index in [1.807, 2.05) is 36.4 Å². The standard InChI is InChI=1S/C22H26N2O5/c25-20(24-14-19(22(27)28)16-8-11-29-12-9-16)7-10-23-21(26)18-6-5-15-3-1-2-4-17(15)13-18/h1-6,13,16,19H,7-12,14H2,(H,23,26)(H,24,25)(H,27,28). The van der Waals surface area contributed by atoms with Crippen LogP contribution >= 0.6 is 0 Å². The molecule has 2 aromatic carbocycles. The van der Waals surface area contributed by atoms with Crippen molar-refractivity contribution in [3.63, 3.8) is 0 Å². The number of benzene rings is 2. The number of hydrogen-bond donors (Lipinski definition) is 3. The Hall–Kier alpha value is -2.93. The van der Waals surface area contributed by atoms with Crippen LogP contribution in [-0.4, -0.2) is 49.2 Å². The number of fused-ring (bicyclic) bond motifs is 1. The Morgan fingerprint density at radius 2 is 1.76 bits per heavy atom. The summed E-state index contributed by atoms with van der Waals surface area (Å²) in [6.07, 6.45) is 1.47. The SMILES string of the molecule is O=C(CCNC(=O)c1ccc2ccccc2c1)NCC(C(=O)O)C1CCOCC1. The van der Waals surface area contributed by atoms with Gasteiger partial charge in [-0.1, -0.05) is 30.3 Å². The Morgan fingerprint density at radius 1 is 1.03 bits per heavy atom. The van der Waals surface area contributed by atoms with Crippen LogP contribution in [0.1, 0.15) is 29.6 Å². The van der Waals surface area contributed by atoms with Gasteiger partial charge >= 0.3 is 5.97 Å². The number of aliphatic carboxylic acids is 1. The van der Waals surface area contributed by atoms with E-state index in [0.29, 0.717) is 31.6 Å². The number of carboxylic acid groups (broad SMARTS) is 1. The van der Waals surface area contributed by atoms with Gasteiger partial charge in [0.2, 0.25) is 5.91 Å². The lowest BCUT2D eigenvalue weighted by Gasteiger charge is -2.27. The van der Waals surface area contributed by atoms with Crippen LogP contribution in [0.15, 0.2) is 42.5 Å². The smallest absolute Gasteiger partial charge is 0.308 e. The highest BCUT2D eigenvalue weighted by molar-refractivity contribution is 5.98. The first-order valence-corrected chi connectivity index (χ1v) is 9.89. The molecule has 1 heterocycles. The van der Waals surface area contributed by atoms with Crippen LogP contribution in [0.2, 0.25) is 0 Å². The largest absolute Gasteiger partial charge is 0.481 e. The molecule has 3 rings (SSSR count). The first kappa shape index (κ1) is 20.8. The molecule has 1 saturated heterocycles. The molecule has 2 aromatic rings. The van der Waals surface area contributed by atoms with E-state index in [1.54, 1.807) is 6.07 Å². The lowest BCUT2D eigenvalue weighted by molar-refractivity contribution is -0.144. The lowest BCUT2D eigenvalue weighted by Crippen LogP contribution is -2.39. The fraction of sp³-hybridized carbons (Fsp3) is 0.409. The summed E-state index contributed by atoms with van der Waals surface area (Å²) in [7, 11) is 0. The Morgan fingerprint density at radius 3 is 2.48 bits per heavy atom. The number of rotatable bonds is 8. The summed E-state index contributed by atoms with van der Waals surface area (Å²) in [6, 6.07) is 13.2. The van der Waals surface area contributed by atoms with E-state index in [1.165, 1.54) is 0 Å². The van der Waals surface area contributed by atoms with E-state index in [-0.39, 0.29) is 37.2 Å². The van der Waals surface area contributed by atoms with E-state index < -0.39 is 11.9 Å². The van der Waals surface area contributed by atoms with E-state index in [2.05, 4.69) is 10.6 Å². The summed E-state index contributed by atoms with van der Waals surface area (Å²) in [5.41, 5.74) is 0.537. The summed E-state index contributed by atoms with van der Waals surface area (Å²) >= 11 is 0. The molecule has 2 amide bonds. The highest BCUT2D eigenvalue weighted by atomic mass is 16.5. The molecule has 0 spiro atoms. The van der Waals surface area contributed by atoms with Gasteiger partial charge in [0, 0.05) is 38.3 Å². The zero-order valence-electron chi connectivity index (χ0n) is 16.2. The average molecular weight is 398 g/mol. The topological polar surface area (TPSA) is 105 Å². The molecule has 1 aliphatic heterocycles. The monoisotopic (exact) mass is 398 g/mol. The molecular weight excluding hydrogens is 372 g/mol. The molecular formula is C22H26N2O5. The van der Waals surface area contributed by atoms with E-state index in [9.17, 15) is 19.5 Å². The molecule has 0 aromatic heterocycles. The van der Waals surface area contributed by atoms with E-state index in [4.69, 9.17) is 4.74 Å². The highest BCUT2D eigenvalue weighted by Gasteiger charge is 2.29. The molecule has 0 bridgehead atoms. The van der Waals surface area contributed by atoms with Crippen molar-refractivity contribution in [2.45, 2.75) is 19.3 Å². The maximum atomic E-state index is 12.3. The van der Waals surface area contributed by atoms with Crippen molar-refractivity contribution >= 4 is 28.6 Å². The van der Waals surface area contributed by atoms with Crippen molar-refractivity contribution < 1.29 is 24.2 Å². The molecule has 154 valence electrons. The second kappa shape index (κ2) is 10.0. The molecule has 1 atom stereocenters. The maximum Gasteiger partial charge on any atom is 0.308 e. The summed E-state index contributed by atoms with van der Waals surface area (Å²) in [6.45, 7) is 1.40. The van der Waals surface area contributed by atoms with Crippen LogP contribution in [0, 0.1) is 11.8 Å². The first-order valence-electron chi connectivity index (χ1n) is 9.89. The predicted molar refractivity (Wildman–Crippen MR) is 109 cm³/mol. The van der Waals surface area contributed by atoms with Gasteiger partial charge in [-0.2, -0.15) is 0 Å². The second-order valence-electron chi connectivity index (χ2n) is 7.27. The molecule has 1 fully saturated rings. The fourth-order valence-corrected chi connectivity index (χ4v) is 3.61. The minimum absolute atomic E-state index is 0.00848. The summed E-state index contributed by atoms with van der Waals surface area (Å²) < 4.78 is 5.27. The summed E-state index contributed by atoms with van der Waals surface area (Å²) in [5.74, 6) is -2.03. The van der Waals surface area contributed by atoms with Gasteiger partial charge in [0.1, 0.15) is 0 Å². The number of carbonyl (C=O) groups excluding carboxylic acids is 2. The Bertz CT molecular complexity index is 876. The number of carboxylic acids is 1. The van der Waals surface area contributed by atoms with Gasteiger partial charge in [0.15, 0.2) is 0 Å². The minimum atomic E-state index is -0.901. The molecule has 29 heavy (non-hydrogen) atoms. The molecule has 0 radical (unpaired) electrons. The average Bonchev–Trinajstić information content (AvgIpc) is 2.74. The van der Waals surface area contributed by atoms with Crippen molar-refractivity contribution in [3.8, 4) is 0 Å². The van der Waals surface area contributed by atoms with Crippen LogP contribution in [0.5, 0.6) is 0 Å². The van der Waals surface area contributed by atoms with Crippen molar-refractivity contribution in [2.75, 3.05) is 26.3 Å². The summed E-state index contributed by atoms with van der Waals surface area (Å²) in [4.78, 5) is 35.9. The Balaban J connectivity index is 1.43.